The standard InChI is InChI=1S/C18H12Br2O.C10H8O.C8H6Br2/c19-15-5-6-16(20)12-8-14-13(7-11(12)15)17-9-3-1-2-4-10(9)18(14)21-17;1-2-4-8-7(3-1)9-5-6-10(8)11-9;9-7-3-4-8(10)6-2-1-5(6)7/h1-6,17-18H,7-8H2;1-6,9-10H;3-4H,1-2H2. The first-order chi connectivity index (χ1) is 20.5. The van der Waals surface area contributed by atoms with Gasteiger partial charge in [0.05, 0.1) is 0 Å². The van der Waals surface area contributed by atoms with Crippen LogP contribution in [0.4, 0.5) is 0 Å². The number of rotatable bonds is 0. The molecule has 4 atom stereocenters. The quantitative estimate of drug-likeness (QED) is 0.165. The number of hydrogen-bond donors (Lipinski definition) is 0. The van der Waals surface area contributed by atoms with Crippen LogP contribution in [0.5, 0.6) is 0 Å². The summed E-state index contributed by atoms with van der Waals surface area (Å²) >= 11 is 14.4. The van der Waals surface area contributed by atoms with E-state index < -0.39 is 0 Å². The van der Waals surface area contributed by atoms with Crippen molar-refractivity contribution in [1.82, 2.24) is 0 Å². The Bertz CT molecular complexity index is 1700. The average molecular weight is 810 g/mol. The van der Waals surface area contributed by atoms with Crippen LogP contribution in [0.1, 0.15) is 68.9 Å². The van der Waals surface area contributed by atoms with Crippen molar-refractivity contribution in [3.8, 4) is 0 Å². The molecule has 0 spiro atoms. The molecular weight excluding hydrogens is 784 g/mol. The topological polar surface area (TPSA) is 18.5 Å². The minimum Gasteiger partial charge on any atom is -0.357 e. The molecular formula is C36H26Br4O2. The van der Waals surface area contributed by atoms with Crippen molar-refractivity contribution in [2.24, 2.45) is 0 Å². The maximum Gasteiger partial charge on any atom is 0.106 e. The number of fused-ring (bicyclic) bond motifs is 14. The van der Waals surface area contributed by atoms with Gasteiger partial charge < -0.3 is 9.47 Å². The first-order valence-electron chi connectivity index (χ1n) is 14.3. The first-order valence-corrected chi connectivity index (χ1v) is 17.5. The zero-order valence-corrected chi connectivity index (χ0v) is 28.9. The predicted molar refractivity (Wildman–Crippen MR) is 181 cm³/mol. The van der Waals surface area contributed by atoms with E-state index >= 15 is 0 Å². The van der Waals surface area contributed by atoms with Gasteiger partial charge in [0.15, 0.2) is 0 Å². The van der Waals surface area contributed by atoms with E-state index in [1.165, 1.54) is 86.4 Å². The second-order valence-corrected chi connectivity index (χ2v) is 14.8. The van der Waals surface area contributed by atoms with Gasteiger partial charge in [-0.2, -0.15) is 0 Å². The Kier molecular flexibility index (Phi) is 7.24. The highest BCUT2D eigenvalue weighted by Gasteiger charge is 2.46. The van der Waals surface area contributed by atoms with E-state index in [1.54, 1.807) is 0 Å². The van der Waals surface area contributed by atoms with E-state index in [-0.39, 0.29) is 24.4 Å². The van der Waals surface area contributed by atoms with E-state index in [2.05, 4.69) is 149 Å². The van der Waals surface area contributed by atoms with Gasteiger partial charge in [-0.05, 0) is 106 Å². The van der Waals surface area contributed by atoms with Crippen molar-refractivity contribution < 1.29 is 9.47 Å². The van der Waals surface area contributed by atoms with Crippen molar-refractivity contribution in [3.05, 3.63) is 158 Å². The lowest BCUT2D eigenvalue weighted by Gasteiger charge is -2.27. The van der Waals surface area contributed by atoms with Crippen LogP contribution in [0.15, 0.2) is 114 Å². The smallest absolute Gasteiger partial charge is 0.106 e. The van der Waals surface area contributed by atoms with Gasteiger partial charge >= 0.3 is 0 Å². The van der Waals surface area contributed by atoms with Crippen LogP contribution >= 0.6 is 63.7 Å². The minimum atomic E-state index is 0.181. The third-order valence-corrected chi connectivity index (χ3v) is 12.2. The number of hydrogen-bond acceptors (Lipinski definition) is 2. The summed E-state index contributed by atoms with van der Waals surface area (Å²) in [5.41, 5.74) is 14.2. The van der Waals surface area contributed by atoms with Crippen LogP contribution in [-0.2, 0) is 35.2 Å². The summed E-state index contributed by atoms with van der Waals surface area (Å²) in [4.78, 5) is 0. The normalized spacial score (nSPS) is 23.9. The number of benzene rings is 4. The Balaban J connectivity index is 0.000000106. The van der Waals surface area contributed by atoms with Crippen LogP contribution in [0.2, 0.25) is 0 Å². The Hall–Kier alpha value is -1.80. The van der Waals surface area contributed by atoms with E-state index in [0.29, 0.717) is 0 Å². The van der Waals surface area contributed by atoms with Crippen LogP contribution in [0.25, 0.3) is 0 Å². The van der Waals surface area contributed by atoms with E-state index in [1.807, 2.05) is 0 Å². The zero-order chi connectivity index (χ0) is 28.5. The molecule has 10 rings (SSSR count). The Morgan fingerprint density at radius 2 is 0.833 bits per heavy atom. The summed E-state index contributed by atoms with van der Waals surface area (Å²) in [6.07, 6.45) is 9.58. The summed E-state index contributed by atoms with van der Waals surface area (Å²) in [7, 11) is 0. The summed E-state index contributed by atoms with van der Waals surface area (Å²) in [6, 6.07) is 25.6. The molecule has 0 radical (unpaired) electrons. The largest absolute Gasteiger partial charge is 0.357 e. The minimum absolute atomic E-state index is 0.181. The Morgan fingerprint density at radius 3 is 1.24 bits per heavy atom. The summed E-state index contributed by atoms with van der Waals surface area (Å²) in [6.45, 7) is 0. The first kappa shape index (κ1) is 27.7. The summed E-state index contributed by atoms with van der Waals surface area (Å²) < 4.78 is 16.9. The van der Waals surface area contributed by atoms with Crippen molar-refractivity contribution >= 4 is 63.7 Å². The molecule has 210 valence electrons. The van der Waals surface area contributed by atoms with Gasteiger partial charge in [0.1, 0.15) is 24.4 Å². The molecule has 4 aliphatic heterocycles. The molecule has 42 heavy (non-hydrogen) atoms. The zero-order valence-electron chi connectivity index (χ0n) is 22.5. The van der Waals surface area contributed by atoms with Gasteiger partial charge in [0, 0.05) is 17.9 Å². The second kappa shape index (κ2) is 11.0. The van der Waals surface area contributed by atoms with Crippen LogP contribution in [0, 0.1) is 0 Å². The molecule has 4 aromatic carbocycles. The lowest BCUT2D eigenvalue weighted by atomic mass is 9.77. The molecule has 4 bridgehead atoms. The summed E-state index contributed by atoms with van der Waals surface area (Å²) in [5.74, 6) is 0. The molecule has 2 aliphatic carbocycles. The molecule has 0 saturated heterocycles. The van der Waals surface area contributed by atoms with Crippen LogP contribution in [-0.4, -0.2) is 0 Å². The van der Waals surface area contributed by atoms with Gasteiger partial charge in [-0.1, -0.05) is 124 Å². The molecule has 0 N–H and O–H groups in total. The fourth-order valence-electron chi connectivity index (χ4n) is 7.04. The molecule has 2 nitrogen and oxygen atoms in total. The van der Waals surface area contributed by atoms with Crippen molar-refractivity contribution in [3.63, 3.8) is 0 Å². The van der Waals surface area contributed by atoms with E-state index in [0.717, 1.165) is 12.8 Å². The third-order valence-electron chi connectivity index (χ3n) is 9.23. The van der Waals surface area contributed by atoms with Gasteiger partial charge in [-0.3, -0.25) is 0 Å². The molecule has 0 amide bonds. The van der Waals surface area contributed by atoms with Gasteiger partial charge in [0.2, 0.25) is 0 Å². The Morgan fingerprint density at radius 1 is 0.452 bits per heavy atom. The highest BCUT2D eigenvalue weighted by atomic mass is 79.9. The van der Waals surface area contributed by atoms with Crippen molar-refractivity contribution in [2.45, 2.75) is 50.1 Å². The lowest BCUT2D eigenvalue weighted by Crippen LogP contribution is -2.15. The van der Waals surface area contributed by atoms with Crippen molar-refractivity contribution in [1.29, 1.82) is 0 Å². The third kappa shape index (κ3) is 4.52. The molecule has 4 heterocycles. The van der Waals surface area contributed by atoms with Gasteiger partial charge in [-0.25, -0.2) is 0 Å². The SMILES string of the molecule is Brc1ccc(Br)c2c1CC1=C(C2)C2OC1c1ccccc12.Brc1ccc(Br)c2c1CC2.C1=CC2OC1c1ccccc12. The fourth-order valence-corrected chi connectivity index (χ4v) is 9.20. The highest BCUT2D eigenvalue weighted by molar-refractivity contribution is 9.11. The maximum atomic E-state index is 6.30. The molecule has 0 saturated carbocycles. The van der Waals surface area contributed by atoms with E-state index in [9.17, 15) is 0 Å². The van der Waals surface area contributed by atoms with Gasteiger partial charge in [0.25, 0.3) is 0 Å². The van der Waals surface area contributed by atoms with Crippen LogP contribution in [0.3, 0.4) is 0 Å². The number of halogens is 4. The van der Waals surface area contributed by atoms with Gasteiger partial charge in [-0.15, -0.1) is 0 Å². The molecule has 6 heteroatoms. The predicted octanol–water partition coefficient (Wildman–Crippen LogP) is 11.1. The Labute approximate surface area is 279 Å². The molecule has 0 fully saturated rings. The van der Waals surface area contributed by atoms with E-state index in [4.69, 9.17) is 9.47 Å². The second-order valence-electron chi connectivity index (χ2n) is 11.4. The van der Waals surface area contributed by atoms with Crippen molar-refractivity contribution in [2.75, 3.05) is 0 Å². The fraction of sp³-hybridized carbons (Fsp3) is 0.222. The average Bonchev–Trinajstić information content (AvgIpc) is 3.78. The molecule has 4 aromatic rings. The lowest BCUT2D eigenvalue weighted by molar-refractivity contribution is 0.0781. The van der Waals surface area contributed by atoms with Crippen LogP contribution < -0.4 is 0 Å². The summed E-state index contributed by atoms with van der Waals surface area (Å²) in [5, 5.41) is 0. The maximum absolute atomic E-state index is 6.30. The molecule has 4 unspecified atom stereocenters. The molecule has 0 aromatic heterocycles. The highest BCUT2D eigenvalue weighted by Crippen LogP contribution is 2.57. The monoisotopic (exact) mass is 806 g/mol. The number of ether oxygens (including phenoxy) is 2. The molecule has 6 aliphatic rings.